The van der Waals surface area contributed by atoms with Crippen LogP contribution in [0.3, 0.4) is 0 Å². The average Bonchev–Trinajstić information content (AvgIpc) is 3.10. The summed E-state index contributed by atoms with van der Waals surface area (Å²) in [7, 11) is 1.68. The predicted molar refractivity (Wildman–Crippen MR) is 62.3 cm³/mol. The fourth-order valence-electron chi connectivity index (χ4n) is 1.42. The molecule has 1 unspecified atom stereocenters. The summed E-state index contributed by atoms with van der Waals surface area (Å²) in [6.07, 6.45) is 1.05. The number of methoxy groups -OCH3 is 1. The first-order valence-corrected chi connectivity index (χ1v) is 5.70. The second-order valence-electron chi connectivity index (χ2n) is 3.74. The maximum Gasteiger partial charge on any atom is 0.138 e. The number of halogens is 1. The fourth-order valence-corrected chi connectivity index (χ4v) is 1.69. The Hall–Kier alpha value is -0.770. The van der Waals surface area contributed by atoms with Gasteiger partial charge in [-0.3, -0.25) is 0 Å². The van der Waals surface area contributed by atoms with E-state index in [0.717, 1.165) is 24.3 Å². The minimum atomic E-state index is 0.249. The van der Waals surface area contributed by atoms with Crippen LogP contribution in [0.2, 0.25) is 5.02 Å². The van der Waals surface area contributed by atoms with Crippen molar-refractivity contribution in [1.29, 1.82) is 0 Å². The molecule has 0 amide bonds. The van der Waals surface area contributed by atoms with Crippen molar-refractivity contribution in [1.82, 2.24) is 0 Å². The zero-order chi connectivity index (χ0) is 11.4. The van der Waals surface area contributed by atoms with E-state index in [1.54, 1.807) is 7.11 Å². The van der Waals surface area contributed by atoms with E-state index in [2.05, 4.69) is 0 Å². The van der Waals surface area contributed by atoms with Crippen LogP contribution in [0.25, 0.3) is 0 Å². The Morgan fingerprint density at radius 1 is 1.50 bits per heavy atom. The Balaban J connectivity index is 1.99. The zero-order valence-corrected chi connectivity index (χ0v) is 10.00. The molecule has 1 heterocycles. The normalized spacial score (nSPS) is 18.5. The number of benzene rings is 1. The van der Waals surface area contributed by atoms with Gasteiger partial charge in [0.1, 0.15) is 18.5 Å². The van der Waals surface area contributed by atoms with E-state index >= 15 is 0 Å². The highest BCUT2D eigenvalue weighted by Gasteiger charge is 2.23. The summed E-state index contributed by atoms with van der Waals surface area (Å²) in [5, 5.41) is 0.681. The lowest BCUT2D eigenvalue weighted by molar-refractivity contribution is 0.202. The minimum Gasteiger partial charge on any atom is -0.489 e. The molecule has 2 rings (SSSR count). The van der Waals surface area contributed by atoms with Gasteiger partial charge < -0.3 is 14.2 Å². The monoisotopic (exact) mass is 242 g/mol. The molecule has 0 radical (unpaired) electrons. The third kappa shape index (κ3) is 3.11. The van der Waals surface area contributed by atoms with Crippen molar-refractivity contribution in [2.75, 3.05) is 26.9 Å². The molecule has 0 saturated carbocycles. The van der Waals surface area contributed by atoms with Crippen molar-refractivity contribution in [2.45, 2.75) is 12.5 Å². The molecular formula is C12H15ClO3. The molecule has 1 aliphatic heterocycles. The second-order valence-corrected chi connectivity index (χ2v) is 4.12. The van der Waals surface area contributed by atoms with Crippen molar-refractivity contribution >= 4 is 11.6 Å². The summed E-state index contributed by atoms with van der Waals surface area (Å²) in [6, 6.07) is 5.81. The summed E-state index contributed by atoms with van der Waals surface area (Å²) in [5.74, 6) is 0.728. The second kappa shape index (κ2) is 5.53. The number of hydrogen-bond acceptors (Lipinski definition) is 3. The van der Waals surface area contributed by atoms with Gasteiger partial charge in [0.15, 0.2) is 0 Å². The van der Waals surface area contributed by atoms with Gasteiger partial charge in [-0.15, -0.1) is 0 Å². The van der Waals surface area contributed by atoms with Gasteiger partial charge >= 0.3 is 0 Å². The maximum atomic E-state index is 6.23. The number of hydrogen-bond donors (Lipinski definition) is 0. The van der Waals surface area contributed by atoms with Gasteiger partial charge in [0, 0.05) is 7.11 Å². The van der Waals surface area contributed by atoms with E-state index in [1.807, 2.05) is 18.2 Å². The third-order valence-corrected chi connectivity index (χ3v) is 2.87. The lowest BCUT2D eigenvalue weighted by atomic mass is 10.1. The van der Waals surface area contributed by atoms with E-state index in [1.165, 1.54) is 0 Å². The molecule has 88 valence electrons. The van der Waals surface area contributed by atoms with Crippen LogP contribution in [0.1, 0.15) is 5.56 Å². The molecule has 1 aromatic carbocycles. The van der Waals surface area contributed by atoms with Gasteiger partial charge in [0.25, 0.3) is 0 Å². The summed E-state index contributed by atoms with van der Waals surface area (Å²) in [4.78, 5) is 0. The van der Waals surface area contributed by atoms with Crippen LogP contribution in [0.15, 0.2) is 18.2 Å². The molecule has 0 aliphatic carbocycles. The van der Waals surface area contributed by atoms with Gasteiger partial charge in [-0.05, 0) is 18.1 Å². The Bertz CT molecular complexity index is 350. The summed E-state index contributed by atoms with van der Waals surface area (Å²) < 4.78 is 15.7. The van der Waals surface area contributed by atoms with Gasteiger partial charge in [0.2, 0.25) is 0 Å². The van der Waals surface area contributed by atoms with Gasteiger partial charge in [-0.25, -0.2) is 0 Å². The Labute approximate surface area is 100 Å². The van der Waals surface area contributed by atoms with Gasteiger partial charge in [0.05, 0.1) is 18.2 Å². The molecule has 0 aromatic heterocycles. The highest BCUT2D eigenvalue weighted by Crippen LogP contribution is 2.29. The van der Waals surface area contributed by atoms with Gasteiger partial charge in [-0.2, -0.15) is 0 Å². The molecule has 1 fully saturated rings. The Kier molecular flexibility index (Phi) is 4.04. The largest absolute Gasteiger partial charge is 0.489 e. The SMILES string of the molecule is COCCc1cccc(OCC2CO2)c1Cl. The number of epoxide rings is 1. The van der Waals surface area contributed by atoms with E-state index < -0.39 is 0 Å². The van der Waals surface area contributed by atoms with E-state index in [-0.39, 0.29) is 6.10 Å². The smallest absolute Gasteiger partial charge is 0.138 e. The first kappa shape index (κ1) is 11.7. The number of ether oxygens (including phenoxy) is 3. The first-order chi connectivity index (χ1) is 7.81. The zero-order valence-electron chi connectivity index (χ0n) is 9.24. The standard InChI is InChI=1S/C12H15ClO3/c1-14-6-5-9-3-2-4-11(12(9)13)16-8-10-7-15-10/h2-4,10H,5-8H2,1H3. The quantitative estimate of drug-likeness (QED) is 0.718. The first-order valence-electron chi connectivity index (χ1n) is 5.32. The topological polar surface area (TPSA) is 31.0 Å². The van der Waals surface area contributed by atoms with Crippen molar-refractivity contribution in [3.8, 4) is 5.75 Å². The Morgan fingerprint density at radius 2 is 2.31 bits per heavy atom. The van der Waals surface area contributed by atoms with Crippen molar-refractivity contribution < 1.29 is 14.2 Å². The molecule has 4 heteroatoms. The minimum absolute atomic E-state index is 0.249. The maximum absolute atomic E-state index is 6.23. The van der Waals surface area contributed by atoms with Crippen LogP contribution >= 0.6 is 11.6 Å². The van der Waals surface area contributed by atoms with E-state index in [4.69, 9.17) is 25.8 Å². The lowest BCUT2D eigenvalue weighted by Crippen LogP contribution is -2.05. The number of rotatable bonds is 6. The van der Waals surface area contributed by atoms with Crippen LogP contribution in [0.5, 0.6) is 5.75 Å². The summed E-state index contributed by atoms with van der Waals surface area (Å²) in [5.41, 5.74) is 1.05. The molecule has 0 N–H and O–H groups in total. The third-order valence-electron chi connectivity index (χ3n) is 2.45. The Morgan fingerprint density at radius 3 is 3.00 bits per heavy atom. The molecule has 0 spiro atoms. The highest BCUT2D eigenvalue weighted by molar-refractivity contribution is 6.32. The summed E-state index contributed by atoms with van der Waals surface area (Å²) >= 11 is 6.23. The molecule has 1 aliphatic rings. The van der Waals surface area contributed by atoms with E-state index in [9.17, 15) is 0 Å². The molecule has 3 nitrogen and oxygen atoms in total. The van der Waals surface area contributed by atoms with Gasteiger partial charge in [-0.1, -0.05) is 23.7 Å². The van der Waals surface area contributed by atoms with Crippen LogP contribution in [0, 0.1) is 0 Å². The van der Waals surface area contributed by atoms with Crippen LogP contribution in [-0.2, 0) is 15.9 Å². The highest BCUT2D eigenvalue weighted by atomic mass is 35.5. The molecule has 1 saturated heterocycles. The van der Waals surface area contributed by atoms with Crippen LogP contribution < -0.4 is 4.74 Å². The molecule has 1 aromatic rings. The molecule has 16 heavy (non-hydrogen) atoms. The van der Waals surface area contributed by atoms with Crippen molar-refractivity contribution in [2.24, 2.45) is 0 Å². The van der Waals surface area contributed by atoms with Crippen LogP contribution in [-0.4, -0.2) is 33.0 Å². The average molecular weight is 243 g/mol. The van der Waals surface area contributed by atoms with E-state index in [0.29, 0.717) is 18.2 Å². The fraction of sp³-hybridized carbons (Fsp3) is 0.500. The van der Waals surface area contributed by atoms with Crippen LogP contribution in [0.4, 0.5) is 0 Å². The molecular weight excluding hydrogens is 228 g/mol. The van der Waals surface area contributed by atoms with Crippen molar-refractivity contribution in [3.63, 3.8) is 0 Å². The molecule has 1 atom stereocenters. The van der Waals surface area contributed by atoms with Crippen molar-refractivity contribution in [3.05, 3.63) is 28.8 Å². The summed E-state index contributed by atoms with van der Waals surface area (Å²) in [6.45, 7) is 2.03. The molecule has 0 bridgehead atoms. The predicted octanol–water partition coefficient (Wildman–Crippen LogP) is 2.31. The lowest BCUT2D eigenvalue weighted by Gasteiger charge is -2.10.